The minimum Gasteiger partial charge on any atom is -0.367 e. The fourth-order valence-electron chi connectivity index (χ4n) is 2.70. The Labute approximate surface area is 139 Å². The maximum Gasteiger partial charge on any atom is 0.255 e. The molecule has 6 nitrogen and oxygen atoms in total. The van der Waals surface area contributed by atoms with Gasteiger partial charge in [-0.2, -0.15) is 5.10 Å². The Morgan fingerprint density at radius 3 is 2.87 bits per heavy atom. The lowest BCUT2D eigenvalue weighted by atomic mass is 10.2. The molecular weight excluding hydrogens is 312 g/mol. The normalized spacial score (nSPS) is 18.7. The van der Waals surface area contributed by atoms with E-state index < -0.39 is 0 Å². The largest absolute Gasteiger partial charge is 0.367 e. The zero-order valence-corrected chi connectivity index (χ0v) is 14.7. The first-order valence-electron chi connectivity index (χ1n) is 7.85. The van der Waals surface area contributed by atoms with Crippen molar-refractivity contribution in [2.45, 2.75) is 39.7 Å². The number of H-pyrrole nitrogens is 1. The second-order valence-corrected chi connectivity index (χ2v) is 7.63. The zero-order chi connectivity index (χ0) is 16.6. The summed E-state index contributed by atoms with van der Waals surface area (Å²) in [6.07, 6.45) is -0.243. The molecule has 0 saturated carbocycles. The molecule has 1 aliphatic rings. The highest BCUT2D eigenvalue weighted by Gasteiger charge is 2.29. The number of carbonyl (C=O) groups excluding carboxylic acids is 1. The highest BCUT2D eigenvalue weighted by Crippen LogP contribution is 2.25. The van der Waals surface area contributed by atoms with E-state index in [2.05, 4.69) is 15.2 Å². The summed E-state index contributed by atoms with van der Waals surface area (Å²) < 4.78 is 5.78. The lowest BCUT2D eigenvalue weighted by molar-refractivity contribution is -0.0266. The summed E-state index contributed by atoms with van der Waals surface area (Å²) in [7, 11) is 0. The molecule has 0 spiro atoms. The summed E-state index contributed by atoms with van der Waals surface area (Å²) in [5.41, 5.74) is 0.800. The van der Waals surface area contributed by atoms with Gasteiger partial charge in [0.05, 0.1) is 18.7 Å². The number of aryl methyl sites for hydroxylation is 2. The molecule has 1 fully saturated rings. The fourth-order valence-corrected chi connectivity index (χ4v) is 3.62. The number of nitrogens with zero attached hydrogens (tertiary/aromatic N) is 3. The second-order valence-electron chi connectivity index (χ2n) is 6.17. The third-order valence-electron chi connectivity index (χ3n) is 3.97. The molecule has 1 aliphatic heterocycles. The number of hydrogen-bond donors (Lipinski definition) is 1. The van der Waals surface area contributed by atoms with Crippen molar-refractivity contribution in [1.82, 2.24) is 20.1 Å². The van der Waals surface area contributed by atoms with Gasteiger partial charge >= 0.3 is 0 Å². The van der Waals surface area contributed by atoms with Gasteiger partial charge in [-0.1, -0.05) is 13.8 Å². The van der Waals surface area contributed by atoms with Gasteiger partial charge in [-0.3, -0.25) is 9.89 Å². The summed E-state index contributed by atoms with van der Waals surface area (Å²) in [4.78, 5) is 21.3. The summed E-state index contributed by atoms with van der Waals surface area (Å²) in [6.45, 7) is 9.73. The molecule has 1 saturated heterocycles. The van der Waals surface area contributed by atoms with E-state index in [1.165, 1.54) is 0 Å². The summed E-state index contributed by atoms with van der Waals surface area (Å²) in [5.74, 6) is 1.81. The summed E-state index contributed by atoms with van der Waals surface area (Å²) in [5, 5.41) is 7.17. The van der Waals surface area contributed by atoms with Crippen molar-refractivity contribution < 1.29 is 9.53 Å². The van der Waals surface area contributed by atoms with Crippen molar-refractivity contribution >= 4 is 17.2 Å². The second kappa shape index (κ2) is 6.41. The van der Waals surface area contributed by atoms with E-state index in [0.717, 1.165) is 21.1 Å². The van der Waals surface area contributed by atoms with Gasteiger partial charge in [0, 0.05) is 22.2 Å². The van der Waals surface area contributed by atoms with Gasteiger partial charge in [0.15, 0.2) is 11.6 Å². The monoisotopic (exact) mass is 334 g/mol. The Morgan fingerprint density at radius 2 is 2.26 bits per heavy atom. The smallest absolute Gasteiger partial charge is 0.255 e. The van der Waals surface area contributed by atoms with E-state index in [-0.39, 0.29) is 17.9 Å². The van der Waals surface area contributed by atoms with Gasteiger partial charge in [0.1, 0.15) is 6.10 Å². The van der Waals surface area contributed by atoms with E-state index in [0.29, 0.717) is 25.5 Å². The van der Waals surface area contributed by atoms with E-state index in [1.807, 2.05) is 38.7 Å². The number of carbonyl (C=O) groups is 1. The summed E-state index contributed by atoms with van der Waals surface area (Å²) >= 11 is 1.66. The average molecular weight is 334 g/mol. The van der Waals surface area contributed by atoms with Gasteiger partial charge in [0.2, 0.25) is 0 Å². The Kier molecular flexibility index (Phi) is 4.50. The highest BCUT2D eigenvalue weighted by atomic mass is 32.1. The molecule has 3 heterocycles. The third kappa shape index (κ3) is 3.30. The molecule has 23 heavy (non-hydrogen) atoms. The van der Waals surface area contributed by atoms with Crippen molar-refractivity contribution in [3.05, 3.63) is 33.0 Å². The number of aromatic amines is 1. The first kappa shape index (κ1) is 16.1. The van der Waals surface area contributed by atoms with Crippen molar-refractivity contribution in [2.75, 3.05) is 19.7 Å². The van der Waals surface area contributed by atoms with Crippen LogP contribution in [0.2, 0.25) is 0 Å². The van der Waals surface area contributed by atoms with Crippen LogP contribution in [0.5, 0.6) is 0 Å². The first-order chi connectivity index (χ1) is 11.0. The van der Waals surface area contributed by atoms with Crippen LogP contribution in [0.4, 0.5) is 0 Å². The molecule has 0 radical (unpaired) electrons. The van der Waals surface area contributed by atoms with Gasteiger partial charge in [-0.25, -0.2) is 4.98 Å². The minimum absolute atomic E-state index is 0.0729. The molecule has 0 bridgehead atoms. The van der Waals surface area contributed by atoms with Gasteiger partial charge in [-0.05, 0) is 19.9 Å². The average Bonchev–Trinajstić information content (AvgIpc) is 3.13. The van der Waals surface area contributed by atoms with Crippen LogP contribution in [-0.2, 0) is 4.74 Å². The molecule has 7 heteroatoms. The molecule has 0 unspecified atom stereocenters. The predicted molar refractivity (Wildman–Crippen MR) is 88.9 cm³/mol. The molecule has 0 aliphatic carbocycles. The topological polar surface area (TPSA) is 71.1 Å². The molecule has 124 valence electrons. The number of morpholine rings is 1. The maximum atomic E-state index is 12.8. The number of amides is 1. The Balaban J connectivity index is 1.75. The summed E-state index contributed by atoms with van der Waals surface area (Å²) in [6, 6.07) is 1.97. The molecule has 2 aromatic rings. The Bertz CT molecular complexity index is 707. The number of aromatic nitrogens is 3. The van der Waals surface area contributed by atoms with Crippen LogP contribution in [0.3, 0.4) is 0 Å². The molecule has 1 atom stereocenters. The first-order valence-corrected chi connectivity index (χ1v) is 8.67. The maximum absolute atomic E-state index is 12.8. The van der Waals surface area contributed by atoms with Crippen LogP contribution in [0.1, 0.15) is 57.6 Å². The number of rotatable bonds is 3. The number of nitrogens with one attached hydrogen (secondary N) is 1. The van der Waals surface area contributed by atoms with E-state index >= 15 is 0 Å². The van der Waals surface area contributed by atoms with Crippen molar-refractivity contribution in [1.29, 1.82) is 0 Å². The lowest BCUT2D eigenvalue weighted by Gasteiger charge is -2.31. The van der Waals surface area contributed by atoms with Crippen molar-refractivity contribution in [3.63, 3.8) is 0 Å². The van der Waals surface area contributed by atoms with Crippen LogP contribution in [0.25, 0.3) is 0 Å². The predicted octanol–water partition coefficient (Wildman–Crippen LogP) is 2.82. The number of hydrogen-bond acceptors (Lipinski definition) is 5. The van der Waals surface area contributed by atoms with E-state index in [1.54, 1.807) is 11.3 Å². The van der Waals surface area contributed by atoms with Gasteiger partial charge < -0.3 is 9.64 Å². The molecule has 2 aromatic heterocycles. The van der Waals surface area contributed by atoms with Crippen LogP contribution in [0, 0.1) is 13.8 Å². The molecule has 0 aromatic carbocycles. The molecule has 3 rings (SSSR count). The lowest BCUT2D eigenvalue weighted by Crippen LogP contribution is -2.42. The minimum atomic E-state index is -0.243. The van der Waals surface area contributed by atoms with E-state index in [9.17, 15) is 4.79 Å². The highest BCUT2D eigenvalue weighted by molar-refractivity contribution is 7.12. The fraction of sp³-hybridized carbons (Fsp3) is 0.562. The van der Waals surface area contributed by atoms with Crippen molar-refractivity contribution in [3.8, 4) is 0 Å². The van der Waals surface area contributed by atoms with E-state index in [4.69, 9.17) is 4.74 Å². The number of ether oxygens (including phenoxy) is 1. The van der Waals surface area contributed by atoms with Gasteiger partial charge in [0.25, 0.3) is 5.91 Å². The number of thiophene rings is 1. The Morgan fingerprint density at radius 1 is 1.48 bits per heavy atom. The van der Waals surface area contributed by atoms with Crippen molar-refractivity contribution in [2.24, 2.45) is 0 Å². The Hall–Kier alpha value is -1.73. The van der Waals surface area contributed by atoms with Crippen LogP contribution >= 0.6 is 11.3 Å². The molecule has 1 amide bonds. The SMILES string of the molecule is Cc1cc(C(=O)N2CCO[C@@H](c3nc(C(C)C)n[nH]3)C2)c(C)s1. The molecular formula is C16H22N4O2S. The quantitative estimate of drug-likeness (QED) is 0.937. The van der Waals surface area contributed by atoms with Crippen LogP contribution in [-0.4, -0.2) is 45.7 Å². The standard InChI is InChI=1S/C16H22N4O2S/c1-9(2)14-17-15(19-18-14)13-8-20(5-6-22-13)16(21)12-7-10(3)23-11(12)4/h7,9,13H,5-6,8H2,1-4H3,(H,17,18,19)/t13-/m1/s1. The van der Waals surface area contributed by atoms with Crippen LogP contribution in [0.15, 0.2) is 6.07 Å². The van der Waals surface area contributed by atoms with Crippen LogP contribution < -0.4 is 0 Å². The third-order valence-corrected chi connectivity index (χ3v) is 4.93. The van der Waals surface area contributed by atoms with Gasteiger partial charge in [-0.15, -0.1) is 11.3 Å². The molecule has 1 N–H and O–H groups in total. The zero-order valence-electron chi connectivity index (χ0n) is 13.9.